The number of hydrogen-bond donors (Lipinski definition) is 2. The van der Waals surface area contributed by atoms with Crippen molar-refractivity contribution in [3.8, 4) is 5.69 Å². The second-order valence-electron chi connectivity index (χ2n) is 7.39. The molecule has 2 aromatic rings. The third-order valence-corrected chi connectivity index (χ3v) is 5.40. The first kappa shape index (κ1) is 18.9. The van der Waals surface area contributed by atoms with Crippen LogP contribution in [0.15, 0.2) is 36.5 Å². The topological polar surface area (TPSA) is 71.8 Å². The summed E-state index contributed by atoms with van der Waals surface area (Å²) in [6.45, 7) is 1.96. The zero-order chi connectivity index (χ0) is 17.2. The molecule has 26 heavy (non-hydrogen) atoms. The van der Waals surface area contributed by atoms with Gasteiger partial charge in [0, 0.05) is 18.5 Å². The Hall–Kier alpha value is -1.92. The first-order chi connectivity index (χ1) is 12.2. The number of rotatable bonds is 5. The van der Waals surface area contributed by atoms with Crippen LogP contribution >= 0.6 is 12.4 Å². The van der Waals surface area contributed by atoms with E-state index in [1.54, 1.807) is 4.68 Å². The molecule has 0 aliphatic carbocycles. The summed E-state index contributed by atoms with van der Waals surface area (Å²) < 4.78 is 1.74. The van der Waals surface area contributed by atoms with Gasteiger partial charge in [0.05, 0.1) is 17.9 Å². The lowest BCUT2D eigenvalue weighted by Crippen LogP contribution is -2.40. The van der Waals surface area contributed by atoms with Crippen LogP contribution in [0.3, 0.4) is 0 Å². The van der Waals surface area contributed by atoms with Gasteiger partial charge in [0.15, 0.2) is 0 Å². The van der Waals surface area contributed by atoms with Gasteiger partial charge in [-0.3, -0.25) is 4.79 Å². The molecule has 4 rings (SSSR count). The lowest BCUT2D eigenvalue weighted by Gasteiger charge is -2.28. The van der Waals surface area contributed by atoms with Crippen LogP contribution in [0.2, 0.25) is 0 Å². The van der Waals surface area contributed by atoms with Crippen molar-refractivity contribution in [2.75, 3.05) is 0 Å². The molecule has 1 aromatic carbocycles. The first-order valence-corrected chi connectivity index (χ1v) is 9.20. The largest absolute Gasteiger partial charge is 0.348 e. The van der Waals surface area contributed by atoms with Crippen LogP contribution in [0.4, 0.5) is 0 Å². The second kappa shape index (κ2) is 8.18. The number of nitrogens with zero attached hydrogens (tertiary/aromatic N) is 3. The molecule has 3 atom stereocenters. The van der Waals surface area contributed by atoms with E-state index in [4.69, 9.17) is 0 Å². The molecule has 7 heteroatoms. The molecule has 3 heterocycles. The van der Waals surface area contributed by atoms with Crippen molar-refractivity contribution in [2.24, 2.45) is 5.92 Å². The number of benzene rings is 1. The van der Waals surface area contributed by atoms with Crippen molar-refractivity contribution in [2.45, 2.75) is 57.2 Å². The minimum absolute atomic E-state index is 0. The molecule has 0 saturated carbocycles. The predicted molar refractivity (Wildman–Crippen MR) is 102 cm³/mol. The lowest BCUT2D eigenvalue weighted by molar-refractivity contribution is -0.123. The van der Waals surface area contributed by atoms with Gasteiger partial charge in [0.2, 0.25) is 5.91 Å². The van der Waals surface area contributed by atoms with E-state index in [2.05, 4.69) is 20.9 Å². The van der Waals surface area contributed by atoms with E-state index >= 15 is 0 Å². The minimum atomic E-state index is -0.136. The summed E-state index contributed by atoms with van der Waals surface area (Å²) >= 11 is 0. The van der Waals surface area contributed by atoms with E-state index < -0.39 is 0 Å². The highest BCUT2D eigenvalue weighted by Crippen LogP contribution is 2.32. The van der Waals surface area contributed by atoms with Crippen LogP contribution in [0.1, 0.15) is 50.8 Å². The van der Waals surface area contributed by atoms with Crippen LogP contribution in [0, 0.1) is 5.92 Å². The van der Waals surface area contributed by atoms with E-state index in [1.165, 1.54) is 12.8 Å². The first-order valence-electron chi connectivity index (χ1n) is 9.20. The van der Waals surface area contributed by atoms with E-state index in [0.717, 1.165) is 24.2 Å². The molecule has 2 saturated heterocycles. The number of piperidine rings is 1. The molecule has 6 nitrogen and oxygen atoms in total. The van der Waals surface area contributed by atoms with Crippen molar-refractivity contribution in [3.63, 3.8) is 0 Å². The van der Waals surface area contributed by atoms with Crippen molar-refractivity contribution in [3.05, 3.63) is 42.2 Å². The van der Waals surface area contributed by atoms with E-state index in [1.807, 2.05) is 43.5 Å². The van der Waals surface area contributed by atoms with Crippen molar-refractivity contribution in [1.82, 2.24) is 25.6 Å². The monoisotopic (exact) mass is 375 g/mol. The fraction of sp³-hybridized carbons (Fsp3) is 0.526. The zero-order valence-electron chi connectivity index (χ0n) is 15.0. The Balaban J connectivity index is 0.00000196. The van der Waals surface area contributed by atoms with Crippen LogP contribution < -0.4 is 10.6 Å². The van der Waals surface area contributed by atoms with Gasteiger partial charge >= 0.3 is 0 Å². The van der Waals surface area contributed by atoms with Crippen LogP contribution in [-0.4, -0.2) is 33.0 Å². The molecule has 2 aliphatic rings. The number of halogens is 1. The summed E-state index contributed by atoms with van der Waals surface area (Å²) in [6.07, 6.45) is 7.28. The predicted octanol–water partition coefficient (Wildman–Crippen LogP) is 2.79. The fourth-order valence-corrected chi connectivity index (χ4v) is 4.16. The van der Waals surface area contributed by atoms with Gasteiger partial charge in [-0.05, 0) is 50.7 Å². The van der Waals surface area contributed by atoms with Gasteiger partial charge < -0.3 is 10.6 Å². The number of hydrogen-bond acceptors (Lipinski definition) is 4. The summed E-state index contributed by atoms with van der Waals surface area (Å²) in [5, 5.41) is 15.1. The van der Waals surface area contributed by atoms with E-state index in [9.17, 15) is 4.79 Å². The Kier molecular flexibility index (Phi) is 5.94. The lowest BCUT2D eigenvalue weighted by atomic mass is 9.89. The maximum absolute atomic E-state index is 12.4. The molecule has 1 aromatic heterocycles. The average Bonchev–Trinajstić information content (AvgIpc) is 3.22. The standard InChI is InChI=1S/C19H25N5O.ClH/c1-13(18-12-24(23-22-18)17-5-3-2-4-6-17)20-19(25)11-14-9-15-7-8-16(10-14)21-15;/h2-6,12-16,21H,7-11H2,1H3,(H,20,25);1H. The van der Waals surface area contributed by atoms with Crippen LogP contribution in [0.5, 0.6) is 0 Å². The molecule has 0 radical (unpaired) electrons. The smallest absolute Gasteiger partial charge is 0.220 e. The fourth-order valence-electron chi connectivity index (χ4n) is 4.16. The Morgan fingerprint density at radius 2 is 1.96 bits per heavy atom. The summed E-state index contributed by atoms with van der Waals surface area (Å²) in [6, 6.07) is 11.0. The third-order valence-electron chi connectivity index (χ3n) is 5.40. The van der Waals surface area contributed by atoms with Gasteiger partial charge in [-0.15, -0.1) is 17.5 Å². The van der Waals surface area contributed by atoms with Crippen LogP contribution in [-0.2, 0) is 4.79 Å². The third kappa shape index (κ3) is 4.24. The SMILES string of the molecule is CC(NC(=O)CC1CC2CCC(C1)N2)c1cn(-c2ccccc2)nn1.Cl. The summed E-state index contributed by atoms with van der Waals surface area (Å²) in [4.78, 5) is 12.4. The van der Waals surface area contributed by atoms with Gasteiger partial charge in [0.1, 0.15) is 5.69 Å². The Bertz CT molecular complexity index is 723. The minimum Gasteiger partial charge on any atom is -0.348 e. The Morgan fingerprint density at radius 3 is 2.65 bits per heavy atom. The summed E-state index contributed by atoms with van der Waals surface area (Å²) in [5.41, 5.74) is 1.74. The summed E-state index contributed by atoms with van der Waals surface area (Å²) in [5.74, 6) is 0.624. The molecule has 2 aliphatic heterocycles. The van der Waals surface area contributed by atoms with E-state index in [-0.39, 0.29) is 24.4 Å². The van der Waals surface area contributed by atoms with Gasteiger partial charge in [-0.25, -0.2) is 4.68 Å². The molecular weight excluding hydrogens is 350 g/mol. The van der Waals surface area contributed by atoms with Crippen molar-refractivity contribution >= 4 is 18.3 Å². The van der Waals surface area contributed by atoms with Gasteiger partial charge in [0.25, 0.3) is 0 Å². The molecule has 2 bridgehead atoms. The highest BCUT2D eigenvalue weighted by molar-refractivity contribution is 5.85. The van der Waals surface area contributed by atoms with Gasteiger partial charge in [-0.1, -0.05) is 23.4 Å². The highest BCUT2D eigenvalue weighted by Gasteiger charge is 2.34. The molecule has 140 valence electrons. The molecule has 2 N–H and O–H groups in total. The highest BCUT2D eigenvalue weighted by atomic mass is 35.5. The number of amides is 1. The van der Waals surface area contributed by atoms with E-state index in [0.29, 0.717) is 24.4 Å². The maximum atomic E-state index is 12.4. The number of para-hydroxylation sites is 1. The number of nitrogens with one attached hydrogen (secondary N) is 2. The average molecular weight is 376 g/mol. The van der Waals surface area contributed by atoms with Crippen LogP contribution in [0.25, 0.3) is 5.69 Å². The summed E-state index contributed by atoms with van der Waals surface area (Å²) in [7, 11) is 0. The second-order valence-corrected chi connectivity index (χ2v) is 7.39. The quantitative estimate of drug-likeness (QED) is 0.842. The number of carbonyl (C=O) groups excluding carboxylic acids is 1. The van der Waals surface area contributed by atoms with Crippen molar-refractivity contribution < 1.29 is 4.79 Å². The number of carbonyl (C=O) groups is 1. The number of fused-ring (bicyclic) bond motifs is 2. The Morgan fingerprint density at radius 1 is 1.27 bits per heavy atom. The number of aromatic nitrogens is 3. The molecule has 0 spiro atoms. The molecule has 1 amide bonds. The molecule has 3 unspecified atom stereocenters. The van der Waals surface area contributed by atoms with Gasteiger partial charge in [-0.2, -0.15) is 0 Å². The zero-order valence-corrected chi connectivity index (χ0v) is 15.8. The molecule has 2 fully saturated rings. The van der Waals surface area contributed by atoms with Crippen molar-refractivity contribution in [1.29, 1.82) is 0 Å². The maximum Gasteiger partial charge on any atom is 0.220 e. The normalized spacial score (nSPS) is 25.3. The molecular formula is C19H26ClN5O. The Labute approximate surface area is 160 Å².